The van der Waals surface area contributed by atoms with Crippen LogP contribution in [-0.4, -0.2) is 96.2 Å². The maximum absolute atomic E-state index is 13.9. The van der Waals surface area contributed by atoms with Gasteiger partial charge in [-0.3, -0.25) is 34.2 Å². The lowest BCUT2D eigenvalue weighted by atomic mass is 10.1. The zero-order chi connectivity index (χ0) is 37.0. The molecule has 6 rings (SSSR count). The van der Waals surface area contributed by atoms with Crippen LogP contribution in [0.15, 0.2) is 61.3 Å². The van der Waals surface area contributed by atoms with E-state index in [0.29, 0.717) is 30.7 Å². The van der Waals surface area contributed by atoms with Crippen molar-refractivity contribution in [2.24, 2.45) is 0 Å². The number of rotatable bonds is 11. The SMILES string of the molecule is CN(c1nccnc1CNc1nc(Nc2ccc(N3CCN(Cc4ccncc4N4CCC(=O)NC4=O)CC3)cc2)ncc1C(F)(F)F)S(C)(=O)=O. The molecule has 0 aliphatic carbocycles. The van der Waals surface area contributed by atoms with Gasteiger partial charge >= 0.3 is 12.2 Å². The van der Waals surface area contributed by atoms with Gasteiger partial charge in [-0.15, -0.1) is 0 Å². The van der Waals surface area contributed by atoms with Gasteiger partial charge in [0.05, 0.1) is 24.7 Å². The maximum atomic E-state index is 13.9. The molecule has 3 amide bonds. The fourth-order valence-corrected chi connectivity index (χ4v) is 6.20. The summed E-state index contributed by atoms with van der Waals surface area (Å²) >= 11 is 0. The topological polar surface area (TPSA) is 182 Å². The Morgan fingerprint density at radius 1 is 0.942 bits per heavy atom. The van der Waals surface area contributed by atoms with E-state index in [4.69, 9.17) is 0 Å². The summed E-state index contributed by atoms with van der Waals surface area (Å²) in [7, 11) is -2.44. The number of carbonyl (C=O) groups excluding carboxylic acids is 2. The minimum absolute atomic E-state index is 0.0363. The Bertz CT molecular complexity index is 2050. The number of amides is 3. The lowest BCUT2D eigenvalue weighted by molar-refractivity contribution is -0.137. The fraction of sp³-hybridized carbons (Fsp3) is 0.344. The molecule has 2 saturated heterocycles. The van der Waals surface area contributed by atoms with Gasteiger partial charge in [-0.1, -0.05) is 0 Å². The number of hydrogen-bond acceptors (Lipinski definition) is 13. The minimum Gasteiger partial charge on any atom is -0.369 e. The molecule has 0 saturated carbocycles. The molecule has 2 aliphatic rings. The summed E-state index contributed by atoms with van der Waals surface area (Å²) in [5.41, 5.74) is 2.11. The molecule has 0 bridgehead atoms. The van der Waals surface area contributed by atoms with Gasteiger partial charge in [-0.05, 0) is 35.9 Å². The van der Waals surface area contributed by atoms with Gasteiger partial charge in [0.1, 0.15) is 17.1 Å². The van der Waals surface area contributed by atoms with Gasteiger partial charge in [-0.2, -0.15) is 18.2 Å². The van der Waals surface area contributed by atoms with E-state index in [9.17, 15) is 31.2 Å². The summed E-state index contributed by atoms with van der Waals surface area (Å²) in [6, 6.07) is 8.77. The molecule has 3 N–H and O–H groups in total. The molecule has 274 valence electrons. The van der Waals surface area contributed by atoms with E-state index in [0.717, 1.165) is 48.0 Å². The molecule has 4 aromatic rings. The smallest absolute Gasteiger partial charge is 0.369 e. The number of urea groups is 1. The molecule has 0 atom stereocenters. The summed E-state index contributed by atoms with van der Waals surface area (Å²) in [6.07, 6.45) is 3.01. The predicted octanol–water partition coefficient (Wildman–Crippen LogP) is 3.20. The van der Waals surface area contributed by atoms with Crippen LogP contribution in [0.1, 0.15) is 23.2 Å². The van der Waals surface area contributed by atoms with Crippen molar-refractivity contribution in [1.82, 2.24) is 35.1 Å². The number of carbonyl (C=O) groups is 2. The Labute approximate surface area is 297 Å². The molecular weight excluding hydrogens is 705 g/mol. The van der Waals surface area contributed by atoms with E-state index in [1.165, 1.54) is 19.4 Å². The number of pyridine rings is 1. The van der Waals surface area contributed by atoms with Crippen molar-refractivity contribution in [3.63, 3.8) is 0 Å². The Balaban J connectivity index is 1.08. The van der Waals surface area contributed by atoms with Crippen LogP contribution < -0.4 is 30.1 Å². The second-order valence-corrected chi connectivity index (χ2v) is 14.1. The molecule has 2 fully saturated rings. The van der Waals surface area contributed by atoms with Crippen LogP contribution in [0.5, 0.6) is 0 Å². The average molecular weight is 741 g/mol. The third kappa shape index (κ3) is 8.45. The van der Waals surface area contributed by atoms with Crippen LogP contribution in [0.2, 0.25) is 0 Å². The summed E-state index contributed by atoms with van der Waals surface area (Å²) in [4.78, 5) is 50.4. The number of nitrogens with zero attached hydrogens (tertiary/aromatic N) is 9. The summed E-state index contributed by atoms with van der Waals surface area (Å²) in [5, 5.41) is 7.92. The first-order valence-corrected chi connectivity index (χ1v) is 17.9. The highest BCUT2D eigenvalue weighted by Crippen LogP contribution is 2.35. The quantitative estimate of drug-likeness (QED) is 0.204. The monoisotopic (exact) mass is 740 g/mol. The number of anilines is 6. The molecule has 0 spiro atoms. The third-order valence-electron chi connectivity index (χ3n) is 8.55. The maximum Gasteiger partial charge on any atom is 0.421 e. The predicted molar refractivity (Wildman–Crippen MR) is 187 cm³/mol. The van der Waals surface area contributed by atoms with E-state index in [2.05, 4.69) is 50.7 Å². The Kier molecular flexibility index (Phi) is 10.4. The second-order valence-electron chi connectivity index (χ2n) is 12.1. The highest BCUT2D eigenvalue weighted by Gasteiger charge is 2.35. The number of imide groups is 1. The molecule has 5 heterocycles. The molecule has 3 aromatic heterocycles. The van der Waals surface area contributed by atoms with Gasteiger partial charge in [0, 0.05) is 88.9 Å². The molecule has 52 heavy (non-hydrogen) atoms. The fourth-order valence-electron chi connectivity index (χ4n) is 5.73. The van der Waals surface area contributed by atoms with Crippen LogP contribution in [0, 0.1) is 0 Å². The van der Waals surface area contributed by atoms with Crippen LogP contribution in [0.25, 0.3) is 0 Å². The van der Waals surface area contributed by atoms with Crippen molar-refractivity contribution in [1.29, 1.82) is 0 Å². The van der Waals surface area contributed by atoms with Crippen molar-refractivity contribution in [3.05, 3.63) is 78.1 Å². The Morgan fingerprint density at radius 2 is 1.67 bits per heavy atom. The van der Waals surface area contributed by atoms with Gasteiger partial charge in [0.25, 0.3) is 0 Å². The van der Waals surface area contributed by atoms with Crippen molar-refractivity contribution < 1.29 is 31.2 Å². The molecule has 0 radical (unpaired) electrons. The standard InChI is InChI=1S/C32H35F3N12O4S/c1-44(52(2,50)51)29-25(37-10-11-38-29)18-39-28-24(32(33,34)35)17-40-30(43-28)41-22-3-5-23(6-4-22)46-15-13-45(14-16-46)20-21-7-9-36-19-26(21)47-12-8-27(48)42-31(47)49/h3-7,9-11,17,19H,8,12-16,18,20H2,1-2H3,(H,42,48,49)(H2,39,40,41,43). The Morgan fingerprint density at radius 3 is 2.37 bits per heavy atom. The van der Waals surface area contributed by atoms with Crippen molar-refractivity contribution in [2.75, 3.05) is 70.8 Å². The van der Waals surface area contributed by atoms with Crippen molar-refractivity contribution in [2.45, 2.75) is 25.7 Å². The summed E-state index contributed by atoms with van der Waals surface area (Å²) in [5.74, 6) is -0.944. The third-order valence-corrected chi connectivity index (χ3v) is 9.72. The molecule has 16 nitrogen and oxygen atoms in total. The molecular formula is C32H35F3N12O4S. The van der Waals surface area contributed by atoms with E-state index in [1.807, 2.05) is 18.2 Å². The molecule has 1 aromatic carbocycles. The zero-order valence-corrected chi connectivity index (χ0v) is 28.9. The first-order valence-electron chi connectivity index (χ1n) is 16.1. The van der Waals surface area contributed by atoms with Crippen molar-refractivity contribution >= 4 is 56.6 Å². The number of nitrogens with one attached hydrogen (secondary N) is 3. The van der Waals surface area contributed by atoms with Crippen molar-refractivity contribution in [3.8, 4) is 0 Å². The summed E-state index contributed by atoms with van der Waals surface area (Å²) in [6.45, 7) is 3.57. The van der Waals surface area contributed by atoms with Gasteiger partial charge in [0.15, 0.2) is 5.82 Å². The average Bonchev–Trinajstić information content (AvgIpc) is 3.11. The number of alkyl halides is 3. The second kappa shape index (κ2) is 14.9. The molecule has 20 heteroatoms. The highest BCUT2D eigenvalue weighted by molar-refractivity contribution is 7.92. The number of benzene rings is 1. The largest absolute Gasteiger partial charge is 0.421 e. The van der Waals surface area contributed by atoms with E-state index in [1.54, 1.807) is 29.4 Å². The lowest BCUT2D eigenvalue weighted by Crippen LogP contribution is -2.50. The van der Waals surface area contributed by atoms with Crippen LogP contribution >= 0.6 is 0 Å². The minimum atomic E-state index is -4.77. The van der Waals surface area contributed by atoms with Crippen LogP contribution in [0.3, 0.4) is 0 Å². The van der Waals surface area contributed by atoms with Gasteiger partial charge in [0.2, 0.25) is 21.9 Å². The number of aromatic nitrogens is 5. The zero-order valence-electron chi connectivity index (χ0n) is 28.1. The Hall–Kier alpha value is -5.63. The molecule has 2 aliphatic heterocycles. The number of sulfonamides is 1. The van der Waals surface area contributed by atoms with E-state index < -0.39 is 33.6 Å². The van der Waals surface area contributed by atoms with Crippen LogP contribution in [0.4, 0.5) is 52.6 Å². The first kappa shape index (κ1) is 36.2. The normalized spacial score (nSPS) is 15.7. The highest BCUT2D eigenvalue weighted by atomic mass is 32.2. The van der Waals surface area contributed by atoms with E-state index >= 15 is 0 Å². The lowest BCUT2D eigenvalue weighted by Gasteiger charge is -2.37. The number of piperazine rings is 1. The summed E-state index contributed by atoms with van der Waals surface area (Å²) < 4.78 is 66.6. The van der Waals surface area contributed by atoms with E-state index in [-0.39, 0.29) is 36.3 Å². The van der Waals surface area contributed by atoms with Gasteiger partial charge in [-0.25, -0.2) is 23.2 Å². The first-order chi connectivity index (χ1) is 24.8. The molecule has 0 unspecified atom stereocenters. The number of hydrogen-bond donors (Lipinski definition) is 3. The van der Waals surface area contributed by atoms with Gasteiger partial charge < -0.3 is 15.5 Å². The van der Waals surface area contributed by atoms with Crippen LogP contribution in [-0.2, 0) is 34.1 Å². The number of halogens is 3.